The van der Waals surface area contributed by atoms with Crippen LogP contribution in [-0.4, -0.2) is 82.3 Å². The van der Waals surface area contributed by atoms with E-state index in [4.69, 9.17) is 18.9 Å². The van der Waals surface area contributed by atoms with Gasteiger partial charge in [0.1, 0.15) is 13.2 Å². The molecule has 0 aromatic carbocycles. The van der Waals surface area contributed by atoms with Gasteiger partial charge in [-0.1, -0.05) is 384 Å². The van der Waals surface area contributed by atoms with E-state index in [2.05, 4.69) is 50.3 Å². The molecule has 2 unspecified atom stereocenters. The molecule has 0 saturated carbocycles. The number of carbonyl (C=O) groups is 3. The van der Waals surface area contributed by atoms with Crippen molar-refractivity contribution < 1.29 is 42.9 Å². The Morgan fingerprint density at radius 3 is 0.879 bits per heavy atom. The minimum Gasteiger partial charge on any atom is -0.545 e. The molecule has 0 fully saturated rings. The Morgan fingerprint density at radius 1 is 0.330 bits per heavy atom. The molecular weight excluding hydrogens is 1130 g/mol. The zero-order valence-electron chi connectivity index (χ0n) is 61.5. The van der Waals surface area contributed by atoms with Crippen molar-refractivity contribution in [3.8, 4) is 0 Å². The molecule has 0 rings (SSSR count). The first-order valence-electron chi connectivity index (χ1n) is 40.1. The molecule has 0 aromatic rings. The third-order valence-electron chi connectivity index (χ3n) is 18.4. The maximum absolute atomic E-state index is 13.0. The highest BCUT2D eigenvalue weighted by atomic mass is 16.7. The molecule has 0 heterocycles. The van der Waals surface area contributed by atoms with Crippen molar-refractivity contribution in [3.63, 3.8) is 0 Å². The predicted molar refractivity (Wildman–Crippen MR) is 389 cm³/mol. The van der Waals surface area contributed by atoms with Crippen LogP contribution in [-0.2, 0) is 33.3 Å². The average Bonchev–Trinajstić information content (AvgIpc) is 3.53. The minimum absolute atomic E-state index is 0.152. The van der Waals surface area contributed by atoms with E-state index in [-0.39, 0.29) is 32.2 Å². The molecule has 0 aliphatic heterocycles. The van der Waals surface area contributed by atoms with Gasteiger partial charge in [-0.3, -0.25) is 9.59 Å². The summed E-state index contributed by atoms with van der Waals surface area (Å²) in [7, 11) is 5.95. The highest BCUT2D eigenvalue weighted by Gasteiger charge is 2.22. The maximum Gasteiger partial charge on any atom is 0.306 e. The van der Waals surface area contributed by atoms with Gasteiger partial charge in [0.2, 0.25) is 0 Å². The van der Waals surface area contributed by atoms with E-state index in [0.29, 0.717) is 17.4 Å². The van der Waals surface area contributed by atoms with Crippen molar-refractivity contribution in [2.45, 2.75) is 424 Å². The summed E-state index contributed by atoms with van der Waals surface area (Å²) >= 11 is 0. The summed E-state index contributed by atoms with van der Waals surface area (Å²) in [6.45, 7) is 4.82. The van der Waals surface area contributed by atoms with Gasteiger partial charge in [0.05, 0.1) is 40.3 Å². The number of aliphatic carboxylic acids is 1. The molecule has 91 heavy (non-hydrogen) atoms. The summed E-state index contributed by atoms with van der Waals surface area (Å²) in [5.41, 5.74) is 0. The van der Waals surface area contributed by atoms with E-state index in [1.165, 1.54) is 334 Å². The van der Waals surface area contributed by atoms with Crippen molar-refractivity contribution in [1.29, 1.82) is 0 Å². The summed E-state index contributed by atoms with van der Waals surface area (Å²) < 4.78 is 22.9. The van der Waals surface area contributed by atoms with Gasteiger partial charge in [-0.2, -0.15) is 0 Å². The second-order valence-corrected chi connectivity index (χ2v) is 28.7. The standard InChI is InChI=1S/C82H155NO8/c1-6-8-10-12-14-16-18-20-22-24-26-28-30-32-33-34-35-36-37-38-39-40-41-42-43-44-45-46-47-49-51-53-55-57-59-61-63-65-67-69-71-73-80(85)91-78(77-90-82(81(86)87)88-75-74-83(3,4)5)76-89-79(84)72-70-68-66-64-62-60-58-56-54-52-50-48-31-29-27-25-23-21-19-17-15-13-11-9-7-2/h18,20,24,26,30,32,78,82H,6-17,19,21-23,25,27-29,31,33-77H2,1-5H3/b20-18-,26-24-,32-30-. The number of nitrogens with zero attached hydrogens (tertiary/aromatic N) is 1. The number of carbonyl (C=O) groups excluding carboxylic acids is 3. The van der Waals surface area contributed by atoms with Crippen molar-refractivity contribution in [1.82, 2.24) is 0 Å². The normalized spacial score (nSPS) is 12.8. The number of allylic oxidation sites excluding steroid dienone is 6. The van der Waals surface area contributed by atoms with Crippen molar-refractivity contribution in [3.05, 3.63) is 36.5 Å². The molecule has 0 aliphatic rings. The predicted octanol–water partition coefficient (Wildman–Crippen LogP) is 24.2. The van der Waals surface area contributed by atoms with Gasteiger partial charge in [-0.25, -0.2) is 0 Å². The van der Waals surface area contributed by atoms with Crippen LogP contribution >= 0.6 is 0 Å². The first-order chi connectivity index (χ1) is 44.6. The molecule has 0 bridgehead atoms. The number of ether oxygens (including phenoxy) is 4. The topological polar surface area (TPSA) is 111 Å². The highest BCUT2D eigenvalue weighted by molar-refractivity contribution is 5.70. The van der Waals surface area contributed by atoms with Crippen LogP contribution < -0.4 is 5.11 Å². The van der Waals surface area contributed by atoms with Crippen LogP contribution in [0, 0.1) is 0 Å². The van der Waals surface area contributed by atoms with Gasteiger partial charge in [0.15, 0.2) is 12.4 Å². The number of rotatable bonds is 76. The Kier molecular flexibility index (Phi) is 71.3. The summed E-state index contributed by atoms with van der Waals surface area (Å²) in [6.07, 6.45) is 91.3. The number of hydrogen-bond donors (Lipinski definition) is 0. The molecule has 0 aromatic heterocycles. The molecule has 0 aliphatic carbocycles. The fraction of sp³-hybridized carbons (Fsp3) is 0.890. The molecule has 536 valence electrons. The summed E-state index contributed by atoms with van der Waals surface area (Å²) in [4.78, 5) is 37.6. The lowest BCUT2D eigenvalue weighted by Crippen LogP contribution is -2.44. The fourth-order valence-electron chi connectivity index (χ4n) is 12.3. The van der Waals surface area contributed by atoms with Crippen LogP contribution in [0.1, 0.15) is 412 Å². The number of unbranched alkanes of at least 4 members (excludes halogenated alkanes) is 55. The highest BCUT2D eigenvalue weighted by Crippen LogP contribution is 2.20. The van der Waals surface area contributed by atoms with E-state index >= 15 is 0 Å². The van der Waals surface area contributed by atoms with Crippen LogP contribution in [0.2, 0.25) is 0 Å². The fourth-order valence-corrected chi connectivity index (χ4v) is 12.3. The molecule has 0 amide bonds. The number of quaternary nitrogens is 1. The van der Waals surface area contributed by atoms with Crippen molar-refractivity contribution in [2.75, 3.05) is 47.5 Å². The van der Waals surface area contributed by atoms with Gasteiger partial charge in [-0.05, 0) is 51.4 Å². The van der Waals surface area contributed by atoms with Crippen LogP contribution in [0.5, 0.6) is 0 Å². The second-order valence-electron chi connectivity index (χ2n) is 28.7. The number of carboxylic acids is 1. The first kappa shape index (κ1) is 88.5. The third-order valence-corrected chi connectivity index (χ3v) is 18.4. The summed E-state index contributed by atoms with van der Waals surface area (Å²) in [6, 6.07) is 0. The van der Waals surface area contributed by atoms with Gasteiger partial charge in [-0.15, -0.1) is 0 Å². The number of esters is 2. The Morgan fingerprint density at radius 2 is 0.593 bits per heavy atom. The van der Waals surface area contributed by atoms with E-state index in [0.717, 1.165) is 51.4 Å². The van der Waals surface area contributed by atoms with Gasteiger partial charge < -0.3 is 33.3 Å². The molecule has 9 heteroatoms. The van der Waals surface area contributed by atoms with Crippen LogP contribution in [0.4, 0.5) is 0 Å². The number of hydrogen-bond acceptors (Lipinski definition) is 8. The second kappa shape index (κ2) is 73.3. The summed E-state index contributed by atoms with van der Waals surface area (Å²) in [5.74, 6) is -2.25. The van der Waals surface area contributed by atoms with Crippen molar-refractivity contribution >= 4 is 17.9 Å². The van der Waals surface area contributed by atoms with Crippen molar-refractivity contribution in [2.24, 2.45) is 0 Å². The maximum atomic E-state index is 13.0. The van der Waals surface area contributed by atoms with Gasteiger partial charge >= 0.3 is 11.9 Å². The monoisotopic (exact) mass is 1280 g/mol. The zero-order valence-corrected chi connectivity index (χ0v) is 61.5. The van der Waals surface area contributed by atoms with Crippen LogP contribution in [0.25, 0.3) is 0 Å². The lowest BCUT2D eigenvalue weighted by Gasteiger charge is -2.26. The molecule has 0 saturated heterocycles. The quantitative estimate of drug-likeness (QED) is 0.0195. The molecule has 0 spiro atoms. The van der Waals surface area contributed by atoms with Gasteiger partial charge in [0, 0.05) is 12.8 Å². The Bertz CT molecular complexity index is 1590. The molecule has 9 nitrogen and oxygen atoms in total. The summed E-state index contributed by atoms with van der Waals surface area (Å²) in [5, 5.41) is 11.8. The smallest absolute Gasteiger partial charge is 0.306 e. The SMILES string of the molecule is CCCCCCC/C=C\C/C=C\C/C=C\CCCCCCCCCCCCCCCCCCCCCCCCCCCCC(=O)OC(COC(=O)CCCCCCCCCCCCCCCCCCCCCCCCCCC)COC(OCC[N+](C)(C)C)C(=O)[O-]. The number of likely N-dealkylation sites (N-methyl/N-ethyl adjacent to an activating group) is 1. The number of carboxylic acid groups (broad SMARTS) is 1. The van der Waals surface area contributed by atoms with E-state index in [1.54, 1.807) is 0 Å². The van der Waals surface area contributed by atoms with Crippen LogP contribution in [0.15, 0.2) is 36.5 Å². The van der Waals surface area contributed by atoms with E-state index in [1.807, 2.05) is 21.1 Å². The Labute approximate surface area is 566 Å². The average molecular weight is 1280 g/mol. The minimum atomic E-state index is -1.62. The molecule has 2 atom stereocenters. The van der Waals surface area contributed by atoms with E-state index < -0.39 is 24.3 Å². The van der Waals surface area contributed by atoms with Crippen LogP contribution in [0.3, 0.4) is 0 Å². The first-order valence-corrected chi connectivity index (χ1v) is 40.1. The molecule has 0 radical (unpaired) electrons. The van der Waals surface area contributed by atoms with Gasteiger partial charge in [0.25, 0.3) is 0 Å². The molecular formula is C82H155NO8. The lowest BCUT2D eigenvalue weighted by molar-refractivity contribution is -0.870. The Hall–Kier alpha value is -2.49. The lowest BCUT2D eigenvalue weighted by atomic mass is 10.0. The third kappa shape index (κ3) is 74.8. The molecule has 0 N–H and O–H groups in total. The van der Waals surface area contributed by atoms with E-state index in [9.17, 15) is 19.5 Å². The Balaban J connectivity index is 3.93. The zero-order chi connectivity index (χ0) is 66.1. The largest absolute Gasteiger partial charge is 0.545 e.